The van der Waals surface area contributed by atoms with E-state index in [-0.39, 0.29) is 0 Å². The Bertz CT molecular complexity index is 185. The SMILES string of the molecule is CCCCCCCC(C)(C)CCCC(=O)O. The van der Waals surface area contributed by atoms with Gasteiger partial charge in [-0.1, -0.05) is 52.9 Å². The third kappa shape index (κ3) is 10.0. The zero-order valence-corrected chi connectivity index (χ0v) is 11.2. The first-order chi connectivity index (χ1) is 7.48. The number of carboxylic acids is 1. The van der Waals surface area contributed by atoms with Gasteiger partial charge in [0.05, 0.1) is 0 Å². The van der Waals surface area contributed by atoms with Gasteiger partial charge in [-0.25, -0.2) is 0 Å². The fourth-order valence-corrected chi connectivity index (χ4v) is 2.05. The van der Waals surface area contributed by atoms with Gasteiger partial charge < -0.3 is 5.11 Å². The molecule has 0 atom stereocenters. The van der Waals surface area contributed by atoms with Gasteiger partial charge in [0, 0.05) is 6.42 Å². The lowest BCUT2D eigenvalue weighted by atomic mass is 9.82. The van der Waals surface area contributed by atoms with Crippen molar-refractivity contribution in [2.75, 3.05) is 0 Å². The summed E-state index contributed by atoms with van der Waals surface area (Å²) in [6.45, 7) is 6.75. The first-order valence-corrected chi connectivity index (χ1v) is 6.70. The minimum absolute atomic E-state index is 0.319. The second kappa shape index (κ2) is 8.60. The molecule has 96 valence electrons. The lowest BCUT2D eigenvalue weighted by molar-refractivity contribution is -0.137. The van der Waals surface area contributed by atoms with Crippen LogP contribution in [0.4, 0.5) is 0 Å². The topological polar surface area (TPSA) is 37.3 Å². The van der Waals surface area contributed by atoms with Crippen LogP contribution in [0.1, 0.15) is 78.6 Å². The summed E-state index contributed by atoms with van der Waals surface area (Å²) in [5, 5.41) is 8.58. The summed E-state index contributed by atoms with van der Waals surface area (Å²) in [4.78, 5) is 10.4. The Morgan fingerprint density at radius 2 is 1.56 bits per heavy atom. The summed E-state index contributed by atoms with van der Waals surface area (Å²) in [7, 11) is 0. The first kappa shape index (κ1) is 15.5. The van der Waals surface area contributed by atoms with E-state index in [2.05, 4.69) is 20.8 Å². The van der Waals surface area contributed by atoms with E-state index in [0.717, 1.165) is 12.8 Å². The average Bonchev–Trinajstić information content (AvgIpc) is 2.16. The van der Waals surface area contributed by atoms with Gasteiger partial charge in [0.15, 0.2) is 0 Å². The molecule has 16 heavy (non-hydrogen) atoms. The van der Waals surface area contributed by atoms with Crippen molar-refractivity contribution >= 4 is 5.97 Å². The predicted molar refractivity (Wildman–Crippen MR) is 68.6 cm³/mol. The van der Waals surface area contributed by atoms with Crippen molar-refractivity contribution < 1.29 is 9.90 Å². The van der Waals surface area contributed by atoms with Crippen LogP contribution in [0.2, 0.25) is 0 Å². The van der Waals surface area contributed by atoms with E-state index in [1.807, 2.05) is 0 Å². The molecule has 0 unspecified atom stereocenters. The van der Waals surface area contributed by atoms with Gasteiger partial charge in [-0.2, -0.15) is 0 Å². The van der Waals surface area contributed by atoms with E-state index in [1.165, 1.54) is 38.5 Å². The van der Waals surface area contributed by atoms with Gasteiger partial charge in [0.2, 0.25) is 0 Å². The number of hydrogen-bond donors (Lipinski definition) is 1. The van der Waals surface area contributed by atoms with Crippen molar-refractivity contribution in [3.05, 3.63) is 0 Å². The van der Waals surface area contributed by atoms with Crippen LogP contribution in [0.5, 0.6) is 0 Å². The molecular formula is C14H28O2. The monoisotopic (exact) mass is 228 g/mol. The molecule has 0 spiro atoms. The van der Waals surface area contributed by atoms with E-state index in [9.17, 15) is 4.79 Å². The molecule has 0 radical (unpaired) electrons. The lowest BCUT2D eigenvalue weighted by Crippen LogP contribution is -2.12. The highest BCUT2D eigenvalue weighted by atomic mass is 16.4. The number of hydrogen-bond acceptors (Lipinski definition) is 1. The van der Waals surface area contributed by atoms with Crippen LogP contribution >= 0.6 is 0 Å². The molecule has 0 aliphatic heterocycles. The van der Waals surface area contributed by atoms with Crippen LogP contribution in [0.15, 0.2) is 0 Å². The van der Waals surface area contributed by atoms with Crippen LogP contribution in [0, 0.1) is 5.41 Å². The van der Waals surface area contributed by atoms with Crippen LogP contribution in [0.3, 0.4) is 0 Å². The number of aliphatic carboxylic acids is 1. The van der Waals surface area contributed by atoms with Gasteiger partial charge in [-0.05, 0) is 24.7 Å². The average molecular weight is 228 g/mol. The lowest BCUT2D eigenvalue weighted by Gasteiger charge is -2.24. The van der Waals surface area contributed by atoms with Gasteiger partial charge >= 0.3 is 5.97 Å². The minimum atomic E-state index is -0.668. The number of rotatable bonds is 10. The molecule has 2 heteroatoms. The summed E-state index contributed by atoms with van der Waals surface area (Å²) in [6, 6.07) is 0. The van der Waals surface area contributed by atoms with Crippen molar-refractivity contribution in [3.63, 3.8) is 0 Å². The Morgan fingerprint density at radius 3 is 2.12 bits per heavy atom. The second-order valence-corrected chi connectivity index (χ2v) is 5.58. The van der Waals surface area contributed by atoms with Gasteiger partial charge in [0.1, 0.15) is 0 Å². The van der Waals surface area contributed by atoms with Crippen molar-refractivity contribution in [3.8, 4) is 0 Å². The molecule has 0 aliphatic rings. The van der Waals surface area contributed by atoms with Gasteiger partial charge in [-0.3, -0.25) is 4.79 Å². The maximum Gasteiger partial charge on any atom is 0.303 e. The van der Waals surface area contributed by atoms with E-state index in [0.29, 0.717) is 11.8 Å². The smallest absolute Gasteiger partial charge is 0.303 e. The molecule has 0 aliphatic carbocycles. The Kier molecular flexibility index (Phi) is 8.32. The highest BCUT2D eigenvalue weighted by molar-refractivity contribution is 5.66. The molecule has 0 rings (SSSR count). The quantitative estimate of drug-likeness (QED) is 0.554. The fraction of sp³-hybridized carbons (Fsp3) is 0.929. The molecule has 2 nitrogen and oxygen atoms in total. The number of carboxylic acid groups (broad SMARTS) is 1. The third-order valence-corrected chi connectivity index (χ3v) is 3.20. The Morgan fingerprint density at radius 1 is 1.00 bits per heavy atom. The summed E-state index contributed by atoms with van der Waals surface area (Å²) in [6.07, 6.45) is 10.0. The van der Waals surface area contributed by atoms with Crippen LogP contribution in [-0.2, 0) is 4.79 Å². The summed E-state index contributed by atoms with van der Waals surface area (Å²) >= 11 is 0. The zero-order valence-electron chi connectivity index (χ0n) is 11.2. The van der Waals surface area contributed by atoms with Crippen LogP contribution < -0.4 is 0 Å². The maximum atomic E-state index is 10.4. The van der Waals surface area contributed by atoms with E-state index in [4.69, 9.17) is 5.11 Å². The van der Waals surface area contributed by atoms with E-state index >= 15 is 0 Å². The molecule has 0 bridgehead atoms. The van der Waals surface area contributed by atoms with E-state index < -0.39 is 5.97 Å². The number of carbonyl (C=O) groups is 1. The van der Waals surface area contributed by atoms with Crippen molar-refractivity contribution in [1.29, 1.82) is 0 Å². The Labute approximate surface area is 100 Å². The molecule has 0 fully saturated rings. The highest BCUT2D eigenvalue weighted by Crippen LogP contribution is 2.29. The molecule has 0 saturated heterocycles. The molecule has 0 saturated carbocycles. The largest absolute Gasteiger partial charge is 0.481 e. The Hall–Kier alpha value is -0.530. The number of unbranched alkanes of at least 4 members (excludes halogenated alkanes) is 4. The predicted octanol–water partition coefficient (Wildman–Crippen LogP) is 4.63. The molecule has 0 aromatic carbocycles. The zero-order chi connectivity index (χ0) is 12.4. The van der Waals surface area contributed by atoms with Gasteiger partial charge in [-0.15, -0.1) is 0 Å². The summed E-state index contributed by atoms with van der Waals surface area (Å²) < 4.78 is 0. The fourth-order valence-electron chi connectivity index (χ4n) is 2.05. The van der Waals surface area contributed by atoms with Crippen LogP contribution in [0.25, 0.3) is 0 Å². The summed E-state index contributed by atoms with van der Waals surface area (Å²) in [5.41, 5.74) is 0.321. The van der Waals surface area contributed by atoms with E-state index in [1.54, 1.807) is 0 Å². The molecule has 0 aromatic rings. The van der Waals surface area contributed by atoms with Gasteiger partial charge in [0.25, 0.3) is 0 Å². The molecule has 0 heterocycles. The second-order valence-electron chi connectivity index (χ2n) is 5.58. The Balaban J connectivity index is 3.49. The van der Waals surface area contributed by atoms with Crippen molar-refractivity contribution in [2.24, 2.45) is 5.41 Å². The molecule has 0 aromatic heterocycles. The third-order valence-electron chi connectivity index (χ3n) is 3.20. The standard InChI is InChI=1S/C14H28O2/c1-4-5-6-7-8-11-14(2,3)12-9-10-13(15)16/h4-12H2,1-3H3,(H,15,16). The minimum Gasteiger partial charge on any atom is -0.481 e. The highest BCUT2D eigenvalue weighted by Gasteiger charge is 2.17. The first-order valence-electron chi connectivity index (χ1n) is 6.70. The maximum absolute atomic E-state index is 10.4. The normalized spacial score (nSPS) is 11.7. The molecule has 1 N–H and O–H groups in total. The van der Waals surface area contributed by atoms with Crippen LogP contribution in [-0.4, -0.2) is 11.1 Å². The molecular weight excluding hydrogens is 200 g/mol. The molecule has 0 amide bonds. The summed E-state index contributed by atoms with van der Waals surface area (Å²) in [5.74, 6) is -0.668. The van der Waals surface area contributed by atoms with Crippen molar-refractivity contribution in [1.82, 2.24) is 0 Å². The van der Waals surface area contributed by atoms with Crippen molar-refractivity contribution in [2.45, 2.75) is 78.6 Å².